The number of fused-ring (bicyclic) bond motifs is 3. The minimum atomic E-state index is -5.19. The molecule has 3 nitrogen and oxygen atoms in total. The second kappa shape index (κ2) is 5.24. The molecule has 1 unspecified atom stereocenters. The fourth-order valence-corrected chi connectivity index (χ4v) is 3.02. The average Bonchev–Trinajstić information content (AvgIpc) is 2.89. The van der Waals surface area contributed by atoms with Crippen molar-refractivity contribution < 1.29 is 27.6 Å². The molecular formula is C13H10F3NO2S. The summed E-state index contributed by atoms with van der Waals surface area (Å²) in [5.74, 6) is -3.01. The van der Waals surface area contributed by atoms with E-state index in [2.05, 4.69) is 47.9 Å². The van der Waals surface area contributed by atoms with E-state index in [4.69, 9.17) is 9.90 Å². The highest BCUT2D eigenvalue weighted by Crippen LogP contribution is 2.26. The molecular weight excluding hydrogens is 291 g/mol. The van der Waals surface area contributed by atoms with E-state index < -0.39 is 12.1 Å². The number of allylic oxidation sites excluding steroid dienone is 1. The molecule has 0 aliphatic carbocycles. The first-order valence-electron chi connectivity index (χ1n) is 5.70. The number of aliphatic carboxylic acids is 1. The highest BCUT2D eigenvalue weighted by molar-refractivity contribution is 7.18. The van der Waals surface area contributed by atoms with E-state index in [9.17, 15) is 13.2 Å². The topological polar surface area (TPSA) is 44.0 Å². The molecule has 0 amide bonds. The Labute approximate surface area is 116 Å². The number of hydrogen-bond donors (Lipinski definition) is 0. The van der Waals surface area contributed by atoms with Crippen molar-refractivity contribution in [1.82, 2.24) is 0 Å². The van der Waals surface area contributed by atoms with E-state index in [1.165, 1.54) is 15.2 Å². The maximum Gasteiger partial charge on any atom is 0.430 e. The molecule has 7 heteroatoms. The fourth-order valence-electron chi connectivity index (χ4n) is 1.87. The quantitative estimate of drug-likeness (QED) is 0.699. The number of rotatable bonds is 0. The van der Waals surface area contributed by atoms with Crippen LogP contribution in [0, 0.1) is 0 Å². The zero-order chi connectivity index (χ0) is 14.9. The summed E-state index contributed by atoms with van der Waals surface area (Å²) in [6.07, 6.45) is -0.729. The second-order valence-electron chi connectivity index (χ2n) is 4.16. The summed E-state index contributed by atoms with van der Waals surface area (Å²) in [4.78, 5) is 8.78. The largest absolute Gasteiger partial charge is 0.542 e. The van der Waals surface area contributed by atoms with Gasteiger partial charge >= 0.3 is 6.18 Å². The number of nitrogens with zero attached hydrogens (tertiary/aromatic N) is 1. The predicted molar refractivity (Wildman–Crippen MR) is 66.8 cm³/mol. The van der Waals surface area contributed by atoms with E-state index in [0.29, 0.717) is 6.04 Å². The van der Waals surface area contributed by atoms with Gasteiger partial charge in [-0.3, -0.25) is 0 Å². The van der Waals surface area contributed by atoms with Gasteiger partial charge in [-0.15, -0.1) is 0 Å². The molecule has 0 spiro atoms. The van der Waals surface area contributed by atoms with Crippen LogP contribution in [0.5, 0.6) is 0 Å². The summed E-state index contributed by atoms with van der Waals surface area (Å²) in [5, 5.41) is 10.2. The van der Waals surface area contributed by atoms with Crippen molar-refractivity contribution in [1.29, 1.82) is 0 Å². The molecule has 0 saturated heterocycles. The Hall–Kier alpha value is -1.89. The molecule has 2 heterocycles. The molecule has 2 aromatic rings. The Kier molecular flexibility index (Phi) is 3.80. The highest BCUT2D eigenvalue weighted by Gasteiger charge is 2.29. The third-order valence-corrected chi connectivity index (χ3v) is 3.84. The van der Waals surface area contributed by atoms with Gasteiger partial charge in [0.25, 0.3) is 5.01 Å². The fraction of sp³-hybridized carbons (Fsp3) is 0.231. The van der Waals surface area contributed by atoms with Gasteiger partial charge in [0, 0.05) is 19.1 Å². The monoisotopic (exact) mass is 301 g/mol. The molecule has 0 N–H and O–H groups in total. The summed E-state index contributed by atoms with van der Waals surface area (Å²) in [7, 11) is 0. The second-order valence-corrected chi connectivity index (χ2v) is 5.23. The van der Waals surface area contributed by atoms with Crippen molar-refractivity contribution >= 4 is 33.6 Å². The summed E-state index contributed by atoms with van der Waals surface area (Å²) in [6.45, 7) is 2.23. The normalized spacial score (nSPS) is 16.7. The number of carboxylic acid groups (broad SMARTS) is 1. The molecule has 20 heavy (non-hydrogen) atoms. The number of aromatic nitrogens is 1. The lowest BCUT2D eigenvalue weighted by Crippen LogP contribution is -2.37. The van der Waals surface area contributed by atoms with Crippen molar-refractivity contribution in [2.24, 2.45) is 0 Å². The molecule has 106 valence electrons. The summed E-state index contributed by atoms with van der Waals surface area (Å²) >= 11 is 1.87. The van der Waals surface area contributed by atoms with Crippen LogP contribution in [0.15, 0.2) is 30.3 Å². The van der Waals surface area contributed by atoms with Gasteiger partial charge < -0.3 is 9.90 Å². The minimum absolute atomic E-state index is 0.520. The van der Waals surface area contributed by atoms with Gasteiger partial charge in [-0.2, -0.15) is 17.7 Å². The van der Waals surface area contributed by atoms with E-state index >= 15 is 0 Å². The number of alkyl halides is 3. The number of benzene rings is 1. The Bertz CT molecular complexity index is 676. The minimum Gasteiger partial charge on any atom is -0.542 e. The van der Waals surface area contributed by atoms with Gasteiger partial charge in [-0.1, -0.05) is 23.5 Å². The van der Waals surface area contributed by atoms with Gasteiger partial charge in [0.15, 0.2) is 6.04 Å². The molecule has 1 aliphatic heterocycles. The van der Waals surface area contributed by atoms with Crippen molar-refractivity contribution in [3.05, 3.63) is 35.3 Å². The van der Waals surface area contributed by atoms with Gasteiger partial charge in [-0.05, 0) is 12.1 Å². The Balaban J connectivity index is 0.000000182. The molecule has 3 rings (SSSR count). The van der Waals surface area contributed by atoms with Crippen LogP contribution < -0.4 is 9.67 Å². The van der Waals surface area contributed by atoms with E-state index in [1.807, 2.05) is 11.3 Å². The average molecular weight is 301 g/mol. The molecule has 0 saturated carbocycles. The number of hydrogen-bond acceptors (Lipinski definition) is 3. The molecule has 0 bridgehead atoms. The van der Waals surface area contributed by atoms with Crippen LogP contribution in [0.3, 0.4) is 0 Å². The summed E-state index contributed by atoms with van der Waals surface area (Å²) in [5.41, 5.74) is 1.36. The number of thiazole rings is 1. The van der Waals surface area contributed by atoms with Gasteiger partial charge in [-0.25, -0.2) is 0 Å². The van der Waals surface area contributed by atoms with Crippen LogP contribution in [0.2, 0.25) is 0 Å². The lowest BCUT2D eigenvalue weighted by molar-refractivity contribution is -0.676. The van der Waals surface area contributed by atoms with Crippen molar-refractivity contribution in [3.63, 3.8) is 0 Å². The Morgan fingerprint density at radius 3 is 2.55 bits per heavy atom. The third-order valence-electron chi connectivity index (χ3n) is 2.73. The van der Waals surface area contributed by atoms with Gasteiger partial charge in [0.05, 0.1) is 0 Å². The molecule has 0 fully saturated rings. The molecule has 1 aliphatic rings. The standard InChI is InChI=1S/C11H10NS.C2HF3O2/c1-8-6-7-11-12(8)9-4-2-3-5-10(9)13-11;3-2(4,5)1(6)7/h2-8H,1H3;(H,6,7)/q+1;/p-1. The highest BCUT2D eigenvalue weighted by atomic mass is 32.1. The van der Waals surface area contributed by atoms with Crippen LogP contribution in [0.25, 0.3) is 16.3 Å². The third kappa shape index (κ3) is 2.82. The van der Waals surface area contributed by atoms with E-state index in [-0.39, 0.29) is 0 Å². The Morgan fingerprint density at radius 1 is 1.35 bits per heavy atom. The van der Waals surface area contributed by atoms with Crippen LogP contribution in [-0.4, -0.2) is 12.1 Å². The number of carbonyl (C=O) groups is 1. The molecule has 1 atom stereocenters. The van der Waals surface area contributed by atoms with Gasteiger partial charge in [0.2, 0.25) is 5.52 Å². The van der Waals surface area contributed by atoms with Gasteiger partial charge in [0.1, 0.15) is 10.7 Å². The maximum absolute atomic E-state index is 10.5. The van der Waals surface area contributed by atoms with Crippen molar-refractivity contribution in [3.8, 4) is 0 Å². The van der Waals surface area contributed by atoms with Crippen molar-refractivity contribution in [2.75, 3.05) is 0 Å². The summed E-state index contributed by atoms with van der Waals surface area (Å²) in [6, 6.07) is 9.10. The Morgan fingerprint density at radius 2 is 1.95 bits per heavy atom. The van der Waals surface area contributed by atoms with E-state index in [1.54, 1.807) is 0 Å². The number of halogens is 3. The predicted octanol–water partition coefficient (Wildman–Crippen LogP) is 2.08. The lowest BCUT2D eigenvalue weighted by atomic mass is 10.3. The number of carbonyl (C=O) groups excluding carboxylic acids is 1. The molecule has 1 aromatic heterocycles. The lowest BCUT2D eigenvalue weighted by Gasteiger charge is -2.03. The first-order valence-corrected chi connectivity index (χ1v) is 6.52. The molecule has 0 radical (unpaired) electrons. The zero-order valence-electron chi connectivity index (χ0n) is 10.3. The molecule has 1 aromatic carbocycles. The number of para-hydroxylation sites is 1. The van der Waals surface area contributed by atoms with Crippen LogP contribution in [0.4, 0.5) is 13.2 Å². The maximum atomic E-state index is 10.5. The first-order chi connectivity index (χ1) is 9.30. The SMILES string of the molecule is CC1C=Cc2sc3ccccc3[n+]21.O=C([O-])C(F)(F)F. The summed E-state index contributed by atoms with van der Waals surface area (Å²) < 4.78 is 35.3. The van der Waals surface area contributed by atoms with Crippen molar-refractivity contribution in [2.45, 2.75) is 19.1 Å². The number of carboxylic acids is 1. The van der Waals surface area contributed by atoms with Crippen LogP contribution in [0.1, 0.15) is 18.0 Å². The van der Waals surface area contributed by atoms with Crippen LogP contribution in [-0.2, 0) is 4.79 Å². The zero-order valence-corrected chi connectivity index (χ0v) is 11.2. The van der Waals surface area contributed by atoms with E-state index in [0.717, 1.165) is 0 Å². The first kappa shape index (κ1) is 14.5. The smallest absolute Gasteiger partial charge is 0.430 e. The van der Waals surface area contributed by atoms with Crippen LogP contribution >= 0.6 is 11.3 Å².